The third-order valence-electron chi connectivity index (χ3n) is 3.74. The van der Waals surface area contributed by atoms with E-state index in [4.69, 9.17) is 0 Å². The summed E-state index contributed by atoms with van der Waals surface area (Å²) in [6, 6.07) is 0. The van der Waals surface area contributed by atoms with Gasteiger partial charge in [-0.2, -0.15) is 4.37 Å². The molecule has 19 heavy (non-hydrogen) atoms. The smallest absolute Gasteiger partial charge is 0.225 e. The third kappa shape index (κ3) is 2.73. The highest BCUT2D eigenvalue weighted by molar-refractivity contribution is 7.09. The molecule has 2 heterocycles. The highest BCUT2D eigenvalue weighted by Crippen LogP contribution is 2.31. The minimum absolute atomic E-state index is 0.334. The van der Waals surface area contributed by atoms with Crippen molar-refractivity contribution in [3.05, 3.63) is 5.82 Å². The molecule has 0 unspecified atom stereocenters. The van der Waals surface area contributed by atoms with Crippen LogP contribution in [0.15, 0.2) is 0 Å². The molecule has 6 heteroatoms. The van der Waals surface area contributed by atoms with Gasteiger partial charge in [0.25, 0.3) is 0 Å². The van der Waals surface area contributed by atoms with E-state index in [2.05, 4.69) is 28.1 Å². The highest BCUT2D eigenvalue weighted by atomic mass is 32.1. The summed E-state index contributed by atoms with van der Waals surface area (Å²) in [4.78, 5) is 20.8. The third-order valence-corrected chi connectivity index (χ3v) is 4.53. The first kappa shape index (κ1) is 12.8. The van der Waals surface area contributed by atoms with E-state index in [0.29, 0.717) is 17.7 Å². The van der Waals surface area contributed by atoms with Gasteiger partial charge in [0.05, 0.1) is 0 Å². The second-order valence-corrected chi connectivity index (χ2v) is 6.41. The maximum absolute atomic E-state index is 12.0. The van der Waals surface area contributed by atoms with Gasteiger partial charge in [-0.15, -0.1) is 0 Å². The first-order valence-electron chi connectivity index (χ1n) is 7.02. The molecular weight excluding hydrogens is 260 g/mol. The molecule has 5 nitrogen and oxygen atoms in total. The lowest BCUT2D eigenvalue weighted by Crippen LogP contribution is -2.49. The maximum Gasteiger partial charge on any atom is 0.225 e. The Hall–Kier alpha value is -1.17. The van der Waals surface area contributed by atoms with Crippen molar-refractivity contribution in [1.29, 1.82) is 0 Å². The Morgan fingerprint density at radius 2 is 1.95 bits per heavy atom. The Bertz CT molecular complexity index is 461. The molecule has 1 aromatic heterocycles. The predicted octanol–water partition coefficient (Wildman–Crippen LogP) is 1.72. The number of carbonyl (C=O) groups excluding carboxylic acids is 1. The first-order chi connectivity index (χ1) is 9.15. The Morgan fingerprint density at radius 3 is 2.47 bits per heavy atom. The molecule has 2 fully saturated rings. The van der Waals surface area contributed by atoms with Crippen molar-refractivity contribution in [1.82, 2.24) is 14.3 Å². The normalized spacial score (nSPS) is 20.2. The number of piperazine rings is 1. The fraction of sp³-hybridized carbons (Fsp3) is 0.769. The van der Waals surface area contributed by atoms with Gasteiger partial charge in [-0.3, -0.25) is 4.79 Å². The van der Waals surface area contributed by atoms with Crippen molar-refractivity contribution in [2.45, 2.75) is 32.6 Å². The minimum atomic E-state index is 0.334. The van der Waals surface area contributed by atoms with Crippen LogP contribution < -0.4 is 4.90 Å². The lowest BCUT2D eigenvalue weighted by molar-refractivity contribution is -0.132. The number of nitrogens with zero attached hydrogens (tertiary/aromatic N) is 4. The maximum atomic E-state index is 12.0. The predicted molar refractivity (Wildman–Crippen MR) is 75.5 cm³/mol. The van der Waals surface area contributed by atoms with Crippen LogP contribution in [-0.2, 0) is 4.79 Å². The molecule has 0 radical (unpaired) electrons. The fourth-order valence-corrected chi connectivity index (χ4v) is 3.16. The van der Waals surface area contributed by atoms with Crippen molar-refractivity contribution >= 4 is 22.6 Å². The molecule has 1 aliphatic carbocycles. The van der Waals surface area contributed by atoms with Crippen LogP contribution in [0.4, 0.5) is 5.13 Å². The molecule has 0 N–H and O–H groups in total. The topological polar surface area (TPSA) is 49.3 Å². The molecule has 0 spiro atoms. The summed E-state index contributed by atoms with van der Waals surface area (Å²) in [5.74, 6) is 2.00. The van der Waals surface area contributed by atoms with Gasteiger partial charge in [-0.1, -0.05) is 13.8 Å². The van der Waals surface area contributed by atoms with Gasteiger partial charge >= 0.3 is 0 Å². The summed E-state index contributed by atoms with van der Waals surface area (Å²) in [7, 11) is 0. The summed E-state index contributed by atoms with van der Waals surface area (Å²) >= 11 is 1.47. The molecule has 1 amide bonds. The summed E-state index contributed by atoms with van der Waals surface area (Å²) in [6.07, 6.45) is 2.18. The lowest BCUT2D eigenvalue weighted by Gasteiger charge is -2.34. The van der Waals surface area contributed by atoms with E-state index in [9.17, 15) is 4.79 Å². The zero-order valence-electron chi connectivity index (χ0n) is 11.5. The van der Waals surface area contributed by atoms with Crippen LogP contribution >= 0.6 is 11.5 Å². The SMILES string of the molecule is CC(C)c1nsc(N2CCN(C(=O)C3CC3)CC2)n1. The number of rotatable bonds is 3. The summed E-state index contributed by atoms with van der Waals surface area (Å²) in [5, 5.41) is 1.00. The van der Waals surface area contributed by atoms with Crippen molar-refractivity contribution < 1.29 is 4.79 Å². The fourth-order valence-electron chi connectivity index (χ4n) is 2.30. The zero-order chi connectivity index (χ0) is 13.4. The largest absolute Gasteiger partial charge is 0.343 e. The Balaban J connectivity index is 1.58. The molecular formula is C13H20N4OS. The van der Waals surface area contributed by atoms with E-state index in [1.807, 2.05) is 4.90 Å². The average Bonchev–Trinajstić information content (AvgIpc) is 3.14. The lowest BCUT2D eigenvalue weighted by atomic mass is 10.2. The molecule has 3 rings (SSSR count). The first-order valence-corrected chi connectivity index (χ1v) is 7.80. The summed E-state index contributed by atoms with van der Waals surface area (Å²) in [6.45, 7) is 7.63. The second kappa shape index (κ2) is 5.07. The number of hydrogen-bond acceptors (Lipinski definition) is 5. The number of aromatic nitrogens is 2. The molecule has 0 atom stereocenters. The van der Waals surface area contributed by atoms with Gasteiger partial charge in [0, 0.05) is 49.5 Å². The molecule has 1 aliphatic heterocycles. The molecule has 1 aromatic rings. The van der Waals surface area contributed by atoms with Crippen molar-refractivity contribution in [2.75, 3.05) is 31.1 Å². The van der Waals surface area contributed by atoms with Crippen LogP contribution in [0, 0.1) is 5.92 Å². The van der Waals surface area contributed by atoms with Gasteiger partial charge in [0.2, 0.25) is 11.0 Å². The molecule has 0 aromatic carbocycles. The van der Waals surface area contributed by atoms with E-state index in [1.54, 1.807) is 0 Å². The van der Waals surface area contributed by atoms with Crippen LogP contribution in [0.3, 0.4) is 0 Å². The van der Waals surface area contributed by atoms with Crippen LogP contribution in [0.25, 0.3) is 0 Å². The van der Waals surface area contributed by atoms with E-state index in [0.717, 1.165) is 50.0 Å². The number of anilines is 1. The zero-order valence-corrected chi connectivity index (χ0v) is 12.3. The highest BCUT2D eigenvalue weighted by Gasteiger charge is 2.34. The van der Waals surface area contributed by atoms with Gasteiger partial charge < -0.3 is 9.80 Å². The van der Waals surface area contributed by atoms with Gasteiger partial charge in [0.1, 0.15) is 5.82 Å². The van der Waals surface area contributed by atoms with E-state index in [-0.39, 0.29) is 0 Å². The van der Waals surface area contributed by atoms with E-state index in [1.165, 1.54) is 11.5 Å². The monoisotopic (exact) mass is 280 g/mol. The second-order valence-electron chi connectivity index (χ2n) is 5.68. The average molecular weight is 280 g/mol. The van der Waals surface area contributed by atoms with Crippen LogP contribution in [-0.4, -0.2) is 46.3 Å². The Kier molecular flexibility index (Phi) is 3.43. The molecule has 1 saturated carbocycles. The number of hydrogen-bond donors (Lipinski definition) is 0. The van der Waals surface area contributed by atoms with Gasteiger partial charge in [-0.05, 0) is 12.8 Å². The molecule has 1 saturated heterocycles. The molecule has 104 valence electrons. The molecule has 0 bridgehead atoms. The van der Waals surface area contributed by atoms with Crippen molar-refractivity contribution in [3.8, 4) is 0 Å². The van der Waals surface area contributed by atoms with Gasteiger partial charge in [-0.25, -0.2) is 4.98 Å². The van der Waals surface area contributed by atoms with Crippen molar-refractivity contribution in [2.24, 2.45) is 5.92 Å². The number of amides is 1. The molecule has 2 aliphatic rings. The van der Waals surface area contributed by atoms with E-state index >= 15 is 0 Å². The summed E-state index contributed by atoms with van der Waals surface area (Å²) < 4.78 is 4.39. The Labute approximate surface area is 117 Å². The van der Waals surface area contributed by atoms with Crippen LogP contribution in [0.2, 0.25) is 0 Å². The quantitative estimate of drug-likeness (QED) is 0.846. The van der Waals surface area contributed by atoms with Crippen LogP contribution in [0.5, 0.6) is 0 Å². The van der Waals surface area contributed by atoms with Crippen molar-refractivity contribution in [3.63, 3.8) is 0 Å². The number of carbonyl (C=O) groups is 1. The minimum Gasteiger partial charge on any atom is -0.343 e. The van der Waals surface area contributed by atoms with Gasteiger partial charge in [0.15, 0.2) is 0 Å². The Morgan fingerprint density at radius 1 is 1.26 bits per heavy atom. The van der Waals surface area contributed by atoms with E-state index < -0.39 is 0 Å². The summed E-state index contributed by atoms with van der Waals surface area (Å²) in [5.41, 5.74) is 0. The standard InChI is InChI=1S/C13H20N4OS/c1-9(2)11-14-13(19-15-11)17-7-5-16(6-8-17)12(18)10-3-4-10/h9-10H,3-8H2,1-2H3. The van der Waals surface area contributed by atoms with Crippen LogP contribution in [0.1, 0.15) is 38.4 Å².